The van der Waals surface area contributed by atoms with Gasteiger partial charge in [0.2, 0.25) is 0 Å². The summed E-state index contributed by atoms with van der Waals surface area (Å²) in [7, 11) is 1.80. The van der Waals surface area contributed by atoms with Crippen molar-refractivity contribution in [2.24, 2.45) is 12.8 Å². The number of hydrogen-bond donors (Lipinski definition) is 2. The molecule has 5 heteroatoms. The molecule has 0 bridgehead atoms. The molecule has 0 saturated carbocycles. The Hall–Kier alpha value is -1.36. The van der Waals surface area contributed by atoms with Crippen molar-refractivity contribution >= 4 is 5.97 Å². The second-order valence-electron chi connectivity index (χ2n) is 2.60. The molecular weight excluding hydrogens is 158 g/mol. The number of aryl methyl sites for hydroxylation is 1. The summed E-state index contributed by atoms with van der Waals surface area (Å²) >= 11 is 0. The maximum atomic E-state index is 10.4. The van der Waals surface area contributed by atoms with Crippen molar-refractivity contribution in [2.75, 3.05) is 0 Å². The molecule has 66 valence electrons. The fourth-order valence-corrected chi connectivity index (χ4v) is 0.877. The van der Waals surface area contributed by atoms with Crippen molar-refractivity contribution in [2.45, 2.75) is 12.5 Å². The summed E-state index contributed by atoms with van der Waals surface area (Å²) in [6.45, 7) is 0. The van der Waals surface area contributed by atoms with E-state index in [-0.39, 0.29) is 6.42 Å². The average Bonchev–Trinajstić information content (AvgIpc) is 2.36. The maximum Gasteiger partial charge on any atom is 0.320 e. The van der Waals surface area contributed by atoms with Crippen LogP contribution in [0.4, 0.5) is 0 Å². The molecule has 0 aromatic carbocycles. The van der Waals surface area contributed by atoms with Crippen LogP contribution in [0.15, 0.2) is 12.4 Å². The third-order valence-corrected chi connectivity index (χ3v) is 1.64. The van der Waals surface area contributed by atoms with Gasteiger partial charge in [0.1, 0.15) is 11.9 Å². The molecule has 0 amide bonds. The van der Waals surface area contributed by atoms with Gasteiger partial charge < -0.3 is 15.4 Å². The summed E-state index contributed by atoms with van der Waals surface area (Å²) in [5, 5.41) is 8.51. The fraction of sp³-hybridized carbons (Fsp3) is 0.429. The summed E-state index contributed by atoms with van der Waals surface area (Å²) in [4.78, 5) is 14.3. The standard InChI is InChI=1S/C7H11N3O2/c1-10-3-2-9-6(10)4-5(8)7(11)12/h2-3,5H,4,8H2,1H3,(H,11,12)/t5-/m1/s1. The zero-order valence-corrected chi connectivity index (χ0v) is 6.77. The summed E-state index contributed by atoms with van der Waals surface area (Å²) < 4.78 is 1.75. The van der Waals surface area contributed by atoms with Gasteiger partial charge in [-0.3, -0.25) is 4.79 Å². The Morgan fingerprint density at radius 3 is 3.00 bits per heavy atom. The summed E-state index contributed by atoms with van der Waals surface area (Å²) in [5.74, 6) is -0.317. The number of carboxylic acid groups (broad SMARTS) is 1. The molecule has 0 fully saturated rings. The van der Waals surface area contributed by atoms with E-state index in [1.807, 2.05) is 0 Å². The third-order valence-electron chi connectivity index (χ3n) is 1.64. The second kappa shape index (κ2) is 3.36. The van der Waals surface area contributed by atoms with Crippen LogP contribution in [0.2, 0.25) is 0 Å². The van der Waals surface area contributed by atoms with Crippen LogP contribution in [0.5, 0.6) is 0 Å². The topological polar surface area (TPSA) is 81.1 Å². The SMILES string of the molecule is Cn1ccnc1C[C@@H](N)C(=O)O. The van der Waals surface area contributed by atoms with Crippen LogP contribution in [-0.4, -0.2) is 26.7 Å². The Kier molecular flexibility index (Phi) is 2.44. The molecule has 1 aromatic heterocycles. The number of imidazole rings is 1. The molecule has 12 heavy (non-hydrogen) atoms. The summed E-state index contributed by atoms with van der Waals surface area (Å²) in [6, 6.07) is -0.869. The molecule has 0 aliphatic carbocycles. The van der Waals surface area contributed by atoms with Crippen molar-refractivity contribution in [3.8, 4) is 0 Å². The van der Waals surface area contributed by atoms with E-state index >= 15 is 0 Å². The number of aromatic nitrogens is 2. The highest BCUT2D eigenvalue weighted by Gasteiger charge is 2.13. The molecule has 0 unspecified atom stereocenters. The number of aliphatic carboxylic acids is 1. The van der Waals surface area contributed by atoms with Gasteiger partial charge in [0.15, 0.2) is 0 Å². The van der Waals surface area contributed by atoms with E-state index in [9.17, 15) is 4.79 Å². The average molecular weight is 169 g/mol. The van der Waals surface area contributed by atoms with E-state index in [0.717, 1.165) is 0 Å². The normalized spacial score (nSPS) is 12.8. The lowest BCUT2D eigenvalue weighted by Crippen LogP contribution is -2.33. The van der Waals surface area contributed by atoms with E-state index in [2.05, 4.69) is 4.98 Å². The molecule has 1 atom stereocenters. The van der Waals surface area contributed by atoms with E-state index in [1.54, 1.807) is 24.0 Å². The lowest BCUT2D eigenvalue weighted by atomic mass is 10.2. The molecule has 0 aliphatic heterocycles. The Labute approximate surface area is 69.8 Å². The fourth-order valence-electron chi connectivity index (χ4n) is 0.877. The monoisotopic (exact) mass is 169 g/mol. The van der Waals surface area contributed by atoms with Gasteiger partial charge in [-0.05, 0) is 0 Å². The molecule has 1 aromatic rings. The number of carboxylic acids is 1. The Morgan fingerprint density at radius 1 is 1.92 bits per heavy atom. The Balaban J connectivity index is 2.64. The quantitative estimate of drug-likeness (QED) is 0.631. The molecular formula is C7H11N3O2. The molecule has 0 saturated heterocycles. The molecule has 0 spiro atoms. The predicted molar refractivity (Wildman–Crippen MR) is 42.5 cm³/mol. The lowest BCUT2D eigenvalue weighted by Gasteiger charge is -2.05. The van der Waals surface area contributed by atoms with E-state index in [4.69, 9.17) is 10.8 Å². The maximum absolute atomic E-state index is 10.4. The van der Waals surface area contributed by atoms with Crippen LogP contribution in [0.25, 0.3) is 0 Å². The number of nitrogens with zero attached hydrogens (tertiary/aromatic N) is 2. The largest absolute Gasteiger partial charge is 0.480 e. The van der Waals surface area contributed by atoms with Crippen LogP contribution >= 0.6 is 0 Å². The number of carbonyl (C=O) groups is 1. The molecule has 0 aliphatic rings. The molecule has 3 N–H and O–H groups in total. The van der Waals surface area contributed by atoms with Crippen molar-refractivity contribution in [1.29, 1.82) is 0 Å². The van der Waals surface area contributed by atoms with Gasteiger partial charge in [0, 0.05) is 25.9 Å². The second-order valence-corrected chi connectivity index (χ2v) is 2.60. The van der Waals surface area contributed by atoms with Gasteiger partial charge in [-0.15, -0.1) is 0 Å². The minimum atomic E-state index is -1.00. The van der Waals surface area contributed by atoms with Gasteiger partial charge in [-0.2, -0.15) is 0 Å². The number of hydrogen-bond acceptors (Lipinski definition) is 3. The molecule has 1 rings (SSSR count). The van der Waals surface area contributed by atoms with Gasteiger partial charge in [-0.1, -0.05) is 0 Å². The minimum absolute atomic E-state index is 0.263. The highest BCUT2D eigenvalue weighted by Crippen LogP contribution is 1.97. The zero-order chi connectivity index (χ0) is 9.14. The third kappa shape index (κ3) is 1.82. The number of rotatable bonds is 3. The zero-order valence-electron chi connectivity index (χ0n) is 6.77. The van der Waals surface area contributed by atoms with Crippen molar-refractivity contribution < 1.29 is 9.90 Å². The van der Waals surface area contributed by atoms with Crippen LogP contribution in [0.3, 0.4) is 0 Å². The van der Waals surface area contributed by atoms with Crippen molar-refractivity contribution in [3.05, 3.63) is 18.2 Å². The first-order valence-corrected chi connectivity index (χ1v) is 3.56. The Morgan fingerprint density at radius 2 is 2.58 bits per heavy atom. The minimum Gasteiger partial charge on any atom is -0.480 e. The first kappa shape index (κ1) is 8.73. The van der Waals surface area contributed by atoms with Crippen LogP contribution in [0, 0.1) is 0 Å². The first-order valence-electron chi connectivity index (χ1n) is 3.56. The van der Waals surface area contributed by atoms with E-state index in [1.165, 1.54) is 0 Å². The van der Waals surface area contributed by atoms with Crippen molar-refractivity contribution in [3.63, 3.8) is 0 Å². The van der Waals surface area contributed by atoms with Gasteiger partial charge in [0.25, 0.3) is 0 Å². The van der Waals surface area contributed by atoms with Gasteiger partial charge in [0.05, 0.1) is 0 Å². The Bertz CT molecular complexity index is 282. The van der Waals surface area contributed by atoms with Crippen molar-refractivity contribution in [1.82, 2.24) is 9.55 Å². The summed E-state index contributed by atoms with van der Waals surface area (Å²) in [6.07, 6.45) is 3.63. The molecule has 1 heterocycles. The highest BCUT2D eigenvalue weighted by atomic mass is 16.4. The first-order chi connectivity index (χ1) is 5.61. The molecule has 0 radical (unpaired) electrons. The van der Waals surface area contributed by atoms with Gasteiger partial charge >= 0.3 is 5.97 Å². The predicted octanol–water partition coefficient (Wildman–Crippen LogP) is -0.625. The lowest BCUT2D eigenvalue weighted by molar-refractivity contribution is -0.138. The number of nitrogens with two attached hydrogens (primary N) is 1. The van der Waals surface area contributed by atoms with Gasteiger partial charge in [-0.25, -0.2) is 4.98 Å². The molecule has 5 nitrogen and oxygen atoms in total. The summed E-state index contributed by atoms with van der Waals surface area (Å²) in [5.41, 5.74) is 5.32. The highest BCUT2D eigenvalue weighted by molar-refractivity contribution is 5.73. The van der Waals surface area contributed by atoms with E-state index < -0.39 is 12.0 Å². The van der Waals surface area contributed by atoms with Crippen LogP contribution < -0.4 is 5.73 Å². The van der Waals surface area contributed by atoms with E-state index in [0.29, 0.717) is 5.82 Å². The van der Waals surface area contributed by atoms with Crippen LogP contribution in [0.1, 0.15) is 5.82 Å². The van der Waals surface area contributed by atoms with Crippen LogP contribution in [-0.2, 0) is 18.3 Å². The smallest absolute Gasteiger partial charge is 0.320 e.